The van der Waals surface area contributed by atoms with Gasteiger partial charge in [0.2, 0.25) is 0 Å². The minimum atomic E-state index is -0.303. The van der Waals surface area contributed by atoms with Gasteiger partial charge in [-0.3, -0.25) is 4.79 Å². The fourth-order valence-corrected chi connectivity index (χ4v) is 4.74. The fourth-order valence-electron chi connectivity index (χ4n) is 3.71. The van der Waals surface area contributed by atoms with Gasteiger partial charge in [-0.2, -0.15) is 5.10 Å². The Balaban J connectivity index is 1.14. The van der Waals surface area contributed by atoms with Crippen molar-refractivity contribution in [3.05, 3.63) is 106 Å². The lowest BCUT2D eigenvalue weighted by atomic mass is 10.2. The number of aromatic nitrogens is 3. The molecule has 8 nitrogen and oxygen atoms in total. The number of hydrogen-bond acceptors (Lipinski definition) is 7. The molecule has 192 valence electrons. The number of thioether (sulfide) groups is 1. The number of fused-ring (bicyclic) bond motifs is 1. The van der Waals surface area contributed by atoms with Crippen molar-refractivity contribution in [2.24, 2.45) is 5.10 Å². The topological polar surface area (TPSA) is 94.5 Å². The maximum absolute atomic E-state index is 12.3. The molecule has 1 amide bonds. The van der Waals surface area contributed by atoms with Crippen LogP contribution in [0.25, 0.3) is 10.9 Å². The first-order valence-electron chi connectivity index (χ1n) is 11.5. The lowest BCUT2D eigenvalue weighted by molar-refractivity contribution is -0.118. The van der Waals surface area contributed by atoms with Crippen molar-refractivity contribution in [2.75, 3.05) is 5.75 Å². The zero-order chi connectivity index (χ0) is 26.3. The van der Waals surface area contributed by atoms with Crippen LogP contribution in [-0.4, -0.2) is 32.6 Å². The number of halogens is 2. The third-order valence-corrected chi connectivity index (χ3v) is 6.78. The summed E-state index contributed by atoms with van der Waals surface area (Å²) >= 11 is 13.1. The first kappa shape index (κ1) is 25.8. The molecule has 0 aliphatic rings. The van der Waals surface area contributed by atoms with E-state index in [-0.39, 0.29) is 29.4 Å². The molecule has 0 unspecified atom stereocenters. The normalized spacial score (nSPS) is 11.3. The summed E-state index contributed by atoms with van der Waals surface area (Å²) in [4.78, 5) is 12.3. The second-order valence-electron chi connectivity index (χ2n) is 8.12. The van der Waals surface area contributed by atoms with E-state index in [0.29, 0.717) is 15.8 Å². The van der Waals surface area contributed by atoms with Gasteiger partial charge in [-0.1, -0.05) is 83.5 Å². The van der Waals surface area contributed by atoms with Crippen LogP contribution in [-0.2, 0) is 17.9 Å². The molecule has 0 fully saturated rings. The summed E-state index contributed by atoms with van der Waals surface area (Å²) in [5, 5.41) is 14.2. The van der Waals surface area contributed by atoms with Crippen LogP contribution in [0.2, 0.25) is 10.0 Å². The molecule has 0 saturated carbocycles. The van der Waals surface area contributed by atoms with Crippen molar-refractivity contribution in [3.8, 4) is 5.75 Å². The number of amides is 1. The Bertz CT molecular complexity index is 1590. The zero-order valence-corrected chi connectivity index (χ0v) is 22.2. The summed E-state index contributed by atoms with van der Waals surface area (Å²) in [5.41, 5.74) is 5.75. The van der Waals surface area contributed by atoms with Gasteiger partial charge in [0.1, 0.15) is 5.75 Å². The molecular formula is C27H21Cl2N5O3S. The van der Waals surface area contributed by atoms with Crippen LogP contribution in [0.15, 0.2) is 93.7 Å². The molecule has 5 aromatic rings. The molecule has 0 radical (unpaired) electrons. The Kier molecular flexibility index (Phi) is 8.28. The predicted molar refractivity (Wildman–Crippen MR) is 149 cm³/mol. The molecular weight excluding hydrogens is 545 g/mol. The van der Waals surface area contributed by atoms with Gasteiger partial charge in [-0.25, -0.2) is 5.43 Å². The summed E-state index contributed by atoms with van der Waals surface area (Å²) in [5.74, 6) is 0.453. The van der Waals surface area contributed by atoms with Gasteiger partial charge >= 0.3 is 0 Å². The number of rotatable bonds is 10. The number of nitrogens with one attached hydrogen (secondary N) is 1. The van der Waals surface area contributed by atoms with Gasteiger partial charge < -0.3 is 13.7 Å². The molecule has 38 heavy (non-hydrogen) atoms. The van der Waals surface area contributed by atoms with E-state index in [4.69, 9.17) is 32.4 Å². The van der Waals surface area contributed by atoms with Crippen molar-refractivity contribution < 1.29 is 13.9 Å². The second-order valence-corrected chi connectivity index (χ2v) is 9.89. The van der Waals surface area contributed by atoms with Gasteiger partial charge in [-0.15, -0.1) is 10.2 Å². The molecule has 3 aromatic carbocycles. The molecule has 11 heteroatoms. The Labute approximate surface area is 232 Å². The molecule has 0 saturated heterocycles. The standard InChI is InChI=1S/C27H21Cl2N5O3S/c28-20-10-11-24(22(29)12-20)36-16-26-32-33-27(37-26)38-17-25(35)31-30-13-19-15-34(14-18-6-2-1-3-7-18)23-9-5-4-8-21(19)23/h1-13,15H,14,16-17H2,(H,31,35)/b30-13-. The molecule has 2 aromatic heterocycles. The van der Waals surface area contributed by atoms with E-state index in [1.165, 1.54) is 5.56 Å². The van der Waals surface area contributed by atoms with Crippen molar-refractivity contribution in [2.45, 2.75) is 18.4 Å². The summed E-state index contributed by atoms with van der Waals surface area (Å²) < 4.78 is 13.3. The van der Waals surface area contributed by atoms with Crippen molar-refractivity contribution in [3.63, 3.8) is 0 Å². The first-order chi connectivity index (χ1) is 18.5. The Morgan fingerprint density at radius 2 is 1.89 bits per heavy atom. The van der Waals surface area contributed by atoms with Gasteiger partial charge in [0.25, 0.3) is 17.0 Å². The fraction of sp³-hybridized carbons (Fsp3) is 0.111. The Morgan fingerprint density at radius 3 is 2.74 bits per heavy atom. The number of carbonyl (C=O) groups excluding carboxylic acids is 1. The smallest absolute Gasteiger partial charge is 0.277 e. The van der Waals surface area contributed by atoms with E-state index >= 15 is 0 Å². The lowest BCUT2D eigenvalue weighted by Gasteiger charge is -2.05. The third-order valence-electron chi connectivity index (χ3n) is 5.43. The third kappa shape index (κ3) is 6.55. The minimum absolute atomic E-state index is 0.0310. The van der Waals surface area contributed by atoms with E-state index in [1.54, 1.807) is 24.4 Å². The Morgan fingerprint density at radius 1 is 1.08 bits per heavy atom. The van der Waals surface area contributed by atoms with Gasteiger partial charge in [0, 0.05) is 34.2 Å². The van der Waals surface area contributed by atoms with Crippen LogP contribution in [0.1, 0.15) is 17.0 Å². The van der Waals surface area contributed by atoms with E-state index in [1.807, 2.05) is 42.6 Å². The molecule has 2 heterocycles. The van der Waals surface area contributed by atoms with E-state index in [0.717, 1.165) is 34.8 Å². The summed E-state index contributed by atoms with van der Waals surface area (Å²) in [6.07, 6.45) is 3.68. The molecule has 0 atom stereocenters. The Hall–Kier alpha value is -3.79. The number of hydrazone groups is 1. The monoisotopic (exact) mass is 565 g/mol. The van der Waals surface area contributed by atoms with Crippen LogP contribution in [0.5, 0.6) is 5.75 Å². The van der Waals surface area contributed by atoms with Crippen LogP contribution >= 0.6 is 35.0 Å². The number of ether oxygens (including phenoxy) is 1. The van der Waals surface area contributed by atoms with Crippen LogP contribution in [0.4, 0.5) is 0 Å². The maximum atomic E-state index is 12.3. The molecule has 1 N–H and O–H groups in total. The largest absolute Gasteiger partial charge is 0.482 e. The number of para-hydroxylation sites is 1. The summed E-state index contributed by atoms with van der Waals surface area (Å²) in [7, 11) is 0. The number of carbonyl (C=O) groups is 1. The average Bonchev–Trinajstić information content (AvgIpc) is 3.52. The molecule has 0 bridgehead atoms. The SMILES string of the molecule is O=C(CSc1nnc(COc2ccc(Cl)cc2Cl)o1)N/N=C\c1cn(Cc2ccccc2)c2ccccc12. The van der Waals surface area contributed by atoms with Crippen molar-refractivity contribution in [1.29, 1.82) is 0 Å². The molecule has 0 spiro atoms. The highest BCUT2D eigenvalue weighted by Crippen LogP contribution is 2.28. The zero-order valence-electron chi connectivity index (χ0n) is 19.9. The minimum Gasteiger partial charge on any atom is -0.482 e. The van der Waals surface area contributed by atoms with E-state index in [9.17, 15) is 4.79 Å². The maximum Gasteiger partial charge on any atom is 0.277 e. The van der Waals surface area contributed by atoms with Crippen LogP contribution in [0.3, 0.4) is 0 Å². The summed E-state index contributed by atoms with van der Waals surface area (Å²) in [6, 6.07) is 23.2. The number of benzene rings is 3. The number of nitrogens with zero attached hydrogens (tertiary/aromatic N) is 4. The number of hydrogen-bond donors (Lipinski definition) is 1. The van der Waals surface area contributed by atoms with E-state index < -0.39 is 0 Å². The highest BCUT2D eigenvalue weighted by molar-refractivity contribution is 7.99. The van der Waals surface area contributed by atoms with E-state index in [2.05, 4.69) is 43.5 Å². The second kappa shape index (κ2) is 12.2. The van der Waals surface area contributed by atoms with Gasteiger partial charge in [0.05, 0.1) is 17.0 Å². The molecule has 0 aliphatic carbocycles. The van der Waals surface area contributed by atoms with Crippen molar-refractivity contribution >= 4 is 58.0 Å². The van der Waals surface area contributed by atoms with Crippen molar-refractivity contribution in [1.82, 2.24) is 20.2 Å². The molecule has 5 rings (SSSR count). The first-order valence-corrected chi connectivity index (χ1v) is 13.3. The highest BCUT2D eigenvalue weighted by Gasteiger charge is 2.12. The average molecular weight is 566 g/mol. The van der Waals surface area contributed by atoms with Gasteiger partial charge in [-0.05, 0) is 29.8 Å². The lowest BCUT2D eigenvalue weighted by Crippen LogP contribution is -2.19. The van der Waals surface area contributed by atoms with Crippen LogP contribution in [0, 0.1) is 0 Å². The van der Waals surface area contributed by atoms with Gasteiger partial charge in [0.15, 0.2) is 6.61 Å². The quantitative estimate of drug-likeness (QED) is 0.123. The molecule has 0 aliphatic heterocycles. The summed E-state index contributed by atoms with van der Waals surface area (Å²) in [6.45, 7) is 0.769. The highest BCUT2D eigenvalue weighted by atomic mass is 35.5. The predicted octanol–water partition coefficient (Wildman–Crippen LogP) is 6.20. The van der Waals surface area contributed by atoms with Crippen LogP contribution < -0.4 is 10.2 Å².